The maximum atomic E-state index is 11.9. The van der Waals surface area contributed by atoms with Crippen molar-refractivity contribution in [2.75, 3.05) is 12.4 Å². The van der Waals surface area contributed by atoms with Gasteiger partial charge in [-0.05, 0) is 18.9 Å². The Bertz CT molecular complexity index is 638. The summed E-state index contributed by atoms with van der Waals surface area (Å²) in [5.41, 5.74) is 1.21. The average molecular weight is 328 g/mol. The van der Waals surface area contributed by atoms with Crippen molar-refractivity contribution < 1.29 is 14.3 Å². The van der Waals surface area contributed by atoms with Gasteiger partial charge in [-0.15, -0.1) is 11.3 Å². The van der Waals surface area contributed by atoms with Gasteiger partial charge in [-0.2, -0.15) is 0 Å². The number of ether oxygens (including phenoxy) is 1. The summed E-state index contributed by atoms with van der Waals surface area (Å²) in [5.74, 6) is -0.528. The van der Waals surface area contributed by atoms with Crippen LogP contribution in [0.3, 0.4) is 0 Å². The quantitative estimate of drug-likeness (QED) is 0.799. The van der Waals surface area contributed by atoms with E-state index in [-0.39, 0.29) is 11.9 Å². The number of nitrogens with zero attached hydrogens (tertiary/aromatic N) is 1. The van der Waals surface area contributed by atoms with Gasteiger partial charge in [-0.1, -0.05) is 11.6 Å². The number of hydrogen-bond donors (Lipinski definition) is 2. The van der Waals surface area contributed by atoms with E-state index >= 15 is 0 Å². The number of aromatic nitrogens is 2. The zero-order valence-electron chi connectivity index (χ0n) is 11.3. The molecule has 0 aliphatic rings. The molecule has 2 N–H and O–H groups in total. The topological polar surface area (TPSA) is 84.1 Å². The molecule has 112 valence electrons. The summed E-state index contributed by atoms with van der Waals surface area (Å²) in [6, 6.07) is 1.54. The van der Waals surface area contributed by atoms with Crippen molar-refractivity contribution >= 4 is 39.9 Å². The van der Waals surface area contributed by atoms with Gasteiger partial charge in [0.25, 0.3) is 5.91 Å². The van der Waals surface area contributed by atoms with Gasteiger partial charge in [0.05, 0.1) is 17.8 Å². The maximum Gasteiger partial charge on any atom is 0.305 e. The number of amides is 1. The number of rotatable bonds is 6. The van der Waals surface area contributed by atoms with E-state index < -0.39 is 0 Å². The second kappa shape index (κ2) is 7.24. The van der Waals surface area contributed by atoms with E-state index in [0.717, 1.165) is 5.69 Å². The molecular weight excluding hydrogens is 314 g/mol. The minimum Gasteiger partial charge on any atom is -0.469 e. The summed E-state index contributed by atoms with van der Waals surface area (Å²) in [4.78, 5) is 29.9. The molecule has 0 fully saturated rings. The summed E-state index contributed by atoms with van der Waals surface area (Å²) < 4.78 is 4.57. The number of carbonyl (C=O) groups excluding carboxylic acids is 2. The fraction of sp³-hybridized carbons (Fsp3) is 0.308. The van der Waals surface area contributed by atoms with Gasteiger partial charge in [0.15, 0.2) is 5.13 Å². The third kappa shape index (κ3) is 4.57. The van der Waals surface area contributed by atoms with E-state index in [0.29, 0.717) is 35.1 Å². The molecular formula is C13H14ClN3O3S. The van der Waals surface area contributed by atoms with E-state index in [4.69, 9.17) is 11.6 Å². The largest absolute Gasteiger partial charge is 0.469 e. The predicted octanol–water partition coefficient (Wildman–Crippen LogP) is 2.87. The van der Waals surface area contributed by atoms with Gasteiger partial charge in [0, 0.05) is 18.0 Å². The Balaban J connectivity index is 1.85. The molecule has 0 saturated carbocycles. The van der Waals surface area contributed by atoms with Crippen LogP contribution in [0.15, 0.2) is 17.6 Å². The predicted molar refractivity (Wildman–Crippen MR) is 80.8 cm³/mol. The molecule has 0 aliphatic heterocycles. The SMILES string of the molecule is COC(=O)CCCc1csc(NC(=O)c2cc(Cl)c[nH]2)n1. The van der Waals surface area contributed by atoms with Gasteiger partial charge in [-0.25, -0.2) is 4.98 Å². The number of nitrogens with one attached hydrogen (secondary N) is 2. The maximum absolute atomic E-state index is 11.9. The van der Waals surface area contributed by atoms with Crippen LogP contribution in [0.4, 0.5) is 5.13 Å². The van der Waals surface area contributed by atoms with Gasteiger partial charge in [0.1, 0.15) is 5.69 Å². The van der Waals surface area contributed by atoms with E-state index in [1.807, 2.05) is 5.38 Å². The second-order valence-corrected chi connectivity index (χ2v) is 5.55. The zero-order chi connectivity index (χ0) is 15.2. The third-order valence-corrected chi connectivity index (χ3v) is 3.73. The molecule has 0 unspecified atom stereocenters. The Kier molecular flexibility index (Phi) is 5.35. The Labute approximate surface area is 130 Å². The minimum absolute atomic E-state index is 0.234. The lowest BCUT2D eigenvalue weighted by Gasteiger charge is -1.99. The van der Waals surface area contributed by atoms with Crippen molar-refractivity contribution in [2.24, 2.45) is 0 Å². The van der Waals surface area contributed by atoms with Crippen molar-refractivity contribution in [1.29, 1.82) is 0 Å². The van der Waals surface area contributed by atoms with Crippen LogP contribution < -0.4 is 5.32 Å². The number of hydrogen-bond acceptors (Lipinski definition) is 5. The highest BCUT2D eigenvalue weighted by molar-refractivity contribution is 7.13. The number of aromatic amines is 1. The third-order valence-electron chi connectivity index (χ3n) is 2.71. The summed E-state index contributed by atoms with van der Waals surface area (Å²) in [6.45, 7) is 0. The fourth-order valence-electron chi connectivity index (χ4n) is 1.66. The Hall–Kier alpha value is -1.86. The molecule has 0 spiro atoms. The van der Waals surface area contributed by atoms with Crippen LogP contribution in [0.2, 0.25) is 5.02 Å². The highest BCUT2D eigenvalue weighted by Crippen LogP contribution is 2.18. The van der Waals surface area contributed by atoms with Crippen LogP contribution in [0.5, 0.6) is 0 Å². The normalized spacial score (nSPS) is 10.4. The lowest BCUT2D eigenvalue weighted by atomic mass is 10.2. The number of methoxy groups -OCH3 is 1. The molecule has 21 heavy (non-hydrogen) atoms. The first-order valence-corrected chi connectivity index (χ1v) is 7.50. The molecule has 8 heteroatoms. The van der Waals surface area contributed by atoms with Crippen LogP contribution in [0, 0.1) is 0 Å². The number of carbonyl (C=O) groups is 2. The molecule has 2 aromatic heterocycles. The molecule has 0 aliphatic carbocycles. The first kappa shape index (κ1) is 15.5. The highest BCUT2D eigenvalue weighted by Gasteiger charge is 2.11. The first-order chi connectivity index (χ1) is 10.1. The number of esters is 1. The zero-order valence-corrected chi connectivity index (χ0v) is 12.9. The van der Waals surface area contributed by atoms with Gasteiger partial charge >= 0.3 is 5.97 Å². The number of anilines is 1. The molecule has 0 aromatic carbocycles. The Morgan fingerprint density at radius 3 is 3.00 bits per heavy atom. The van der Waals surface area contributed by atoms with Gasteiger partial charge in [-0.3, -0.25) is 14.9 Å². The van der Waals surface area contributed by atoms with Crippen molar-refractivity contribution in [3.63, 3.8) is 0 Å². The molecule has 0 atom stereocenters. The number of H-pyrrole nitrogens is 1. The van der Waals surface area contributed by atoms with Gasteiger partial charge < -0.3 is 9.72 Å². The second-order valence-electron chi connectivity index (χ2n) is 4.26. The fourth-order valence-corrected chi connectivity index (χ4v) is 2.56. The molecule has 0 saturated heterocycles. The Morgan fingerprint density at radius 2 is 2.33 bits per heavy atom. The molecule has 6 nitrogen and oxygen atoms in total. The molecule has 0 radical (unpaired) electrons. The van der Waals surface area contributed by atoms with Crippen LogP contribution in [-0.4, -0.2) is 29.0 Å². The number of halogens is 1. The molecule has 0 bridgehead atoms. The van der Waals surface area contributed by atoms with Crippen LogP contribution in [-0.2, 0) is 16.0 Å². The average Bonchev–Trinajstić information content (AvgIpc) is 3.08. The highest BCUT2D eigenvalue weighted by atomic mass is 35.5. The van der Waals surface area contributed by atoms with Crippen molar-refractivity contribution in [3.05, 3.63) is 34.1 Å². The van der Waals surface area contributed by atoms with E-state index in [1.165, 1.54) is 24.6 Å². The minimum atomic E-state index is -0.294. The standard InChI is InChI=1S/C13H14ClN3O3S/c1-20-11(18)4-2-3-9-7-21-13(16-9)17-12(19)10-5-8(14)6-15-10/h5-7,15H,2-4H2,1H3,(H,16,17,19). The van der Waals surface area contributed by atoms with Crippen LogP contribution in [0.25, 0.3) is 0 Å². The van der Waals surface area contributed by atoms with Gasteiger partial charge in [0.2, 0.25) is 0 Å². The number of aryl methyl sites for hydroxylation is 1. The molecule has 2 aromatic rings. The van der Waals surface area contributed by atoms with Crippen molar-refractivity contribution in [2.45, 2.75) is 19.3 Å². The summed E-state index contributed by atoms with van der Waals surface area (Å²) in [5, 5.41) is 5.53. The summed E-state index contributed by atoms with van der Waals surface area (Å²) in [7, 11) is 1.37. The first-order valence-electron chi connectivity index (χ1n) is 6.25. The monoisotopic (exact) mass is 327 g/mol. The van der Waals surface area contributed by atoms with Crippen LogP contribution >= 0.6 is 22.9 Å². The molecule has 2 heterocycles. The Morgan fingerprint density at radius 1 is 1.52 bits per heavy atom. The van der Waals surface area contributed by atoms with Crippen molar-refractivity contribution in [1.82, 2.24) is 9.97 Å². The van der Waals surface area contributed by atoms with E-state index in [9.17, 15) is 9.59 Å². The molecule has 2 rings (SSSR count). The lowest BCUT2D eigenvalue weighted by Crippen LogP contribution is -2.12. The van der Waals surface area contributed by atoms with E-state index in [2.05, 4.69) is 20.0 Å². The van der Waals surface area contributed by atoms with Crippen LogP contribution in [0.1, 0.15) is 29.0 Å². The molecule has 1 amide bonds. The van der Waals surface area contributed by atoms with E-state index in [1.54, 1.807) is 6.07 Å². The summed E-state index contributed by atoms with van der Waals surface area (Å²) >= 11 is 7.08. The number of thiazole rings is 1. The summed E-state index contributed by atoms with van der Waals surface area (Å²) in [6.07, 6.45) is 3.22. The lowest BCUT2D eigenvalue weighted by molar-refractivity contribution is -0.140. The smallest absolute Gasteiger partial charge is 0.305 e. The van der Waals surface area contributed by atoms with Crippen molar-refractivity contribution in [3.8, 4) is 0 Å².